The van der Waals surface area contributed by atoms with Crippen molar-refractivity contribution < 1.29 is 24.5 Å². The van der Waals surface area contributed by atoms with E-state index < -0.39 is 6.09 Å². The van der Waals surface area contributed by atoms with Crippen LogP contribution < -0.4 is 10.1 Å². The molecular formula is C24H36N2O5. The molecule has 7 nitrogen and oxygen atoms in total. The van der Waals surface area contributed by atoms with E-state index >= 15 is 0 Å². The summed E-state index contributed by atoms with van der Waals surface area (Å²) in [6.45, 7) is 7.66. The van der Waals surface area contributed by atoms with Crippen LogP contribution >= 0.6 is 0 Å². The van der Waals surface area contributed by atoms with E-state index in [1.807, 2.05) is 0 Å². The van der Waals surface area contributed by atoms with Crippen molar-refractivity contribution in [1.82, 2.24) is 10.2 Å². The summed E-state index contributed by atoms with van der Waals surface area (Å²) in [5.41, 5.74) is 0.741. The van der Waals surface area contributed by atoms with Gasteiger partial charge in [-0.05, 0) is 47.3 Å². The largest absolute Gasteiger partial charge is 0.504 e. The lowest BCUT2D eigenvalue weighted by molar-refractivity contribution is -0.130. The number of hydrogen-bond acceptors (Lipinski definition) is 4. The first kappa shape index (κ1) is 23.2. The number of carbonyl (C=O) groups is 2. The van der Waals surface area contributed by atoms with E-state index in [1.54, 1.807) is 18.2 Å². The number of phenolic OH excluding ortho intramolecular Hbond substituents is 1. The predicted molar refractivity (Wildman–Crippen MR) is 118 cm³/mol. The number of nitrogens with zero attached hydrogens (tertiary/aromatic N) is 1. The molecule has 0 spiro atoms. The molecule has 31 heavy (non-hydrogen) atoms. The van der Waals surface area contributed by atoms with E-state index in [9.17, 15) is 19.8 Å². The van der Waals surface area contributed by atoms with Crippen molar-refractivity contribution in [1.29, 1.82) is 0 Å². The lowest BCUT2D eigenvalue weighted by Crippen LogP contribution is -2.49. The summed E-state index contributed by atoms with van der Waals surface area (Å²) in [5.74, 6) is -0.0629. The van der Waals surface area contributed by atoms with Gasteiger partial charge in [0.1, 0.15) is 0 Å². The lowest BCUT2D eigenvalue weighted by atomic mass is 9.52. The number of aromatic hydroxyl groups is 1. The molecule has 172 valence electrons. The first-order valence-corrected chi connectivity index (χ1v) is 11.2. The Morgan fingerprint density at radius 3 is 2.45 bits per heavy atom. The average Bonchev–Trinajstić information content (AvgIpc) is 3.19. The third kappa shape index (κ3) is 4.60. The van der Waals surface area contributed by atoms with Crippen LogP contribution in [0.5, 0.6) is 11.5 Å². The first-order valence-electron chi connectivity index (χ1n) is 11.2. The third-order valence-corrected chi connectivity index (χ3v) is 7.59. The standard InChI is InChI=1S/C24H36N2O5/c1-23(2,3)24(10-6-5-7-11-24)18-15-26(22(29)30)14-17(18)21(28)25-13-16-8-9-19(27)20(12-16)31-4/h8-9,12,17-18,27H,5-7,10-11,13-15H2,1-4H3,(H,25,28)(H,29,30). The maximum absolute atomic E-state index is 13.3. The Labute approximate surface area is 184 Å². The topological polar surface area (TPSA) is 99.1 Å². The molecule has 2 atom stereocenters. The lowest BCUT2D eigenvalue weighted by Gasteiger charge is -2.53. The normalized spacial score (nSPS) is 23.4. The van der Waals surface area contributed by atoms with Crippen molar-refractivity contribution >= 4 is 12.0 Å². The van der Waals surface area contributed by atoms with E-state index in [2.05, 4.69) is 26.1 Å². The Balaban J connectivity index is 1.82. The Morgan fingerprint density at radius 2 is 1.87 bits per heavy atom. The van der Waals surface area contributed by atoms with Crippen LogP contribution in [0.1, 0.15) is 58.4 Å². The van der Waals surface area contributed by atoms with Crippen LogP contribution in [0, 0.1) is 22.7 Å². The summed E-state index contributed by atoms with van der Waals surface area (Å²) in [4.78, 5) is 26.5. The summed E-state index contributed by atoms with van der Waals surface area (Å²) in [6.07, 6.45) is 4.57. The van der Waals surface area contributed by atoms with Gasteiger partial charge in [0, 0.05) is 19.6 Å². The number of rotatable bonds is 5. The van der Waals surface area contributed by atoms with E-state index in [4.69, 9.17) is 4.74 Å². The minimum absolute atomic E-state index is 0.00162. The molecule has 3 N–H and O–H groups in total. The smallest absolute Gasteiger partial charge is 0.407 e. The van der Waals surface area contributed by atoms with Crippen molar-refractivity contribution in [3.8, 4) is 11.5 Å². The molecule has 7 heteroatoms. The van der Waals surface area contributed by atoms with Crippen molar-refractivity contribution in [3.63, 3.8) is 0 Å². The third-order valence-electron chi connectivity index (χ3n) is 7.59. The SMILES string of the molecule is COc1cc(CNC(=O)C2CN(C(=O)O)CC2C2(C(C)(C)C)CCCCC2)ccc1O. The van der Waals surface area contributed by atoms with E-state index in [0.29, 0.717) is 18.8 Å². The number of hydrogen-bond donors (Lipinski definition) is 3. The number of nitrogens with one attached hydrogen (secondary N) is 1. The van der Waals surface area contributed by atoms with Crippen LogP contribution in [0.3, 0.4) is 0 Å². The van der Waals surface area contributed by atoms with Crippen LogP contribution in [-0.4, -0.2) is 47.3 Å². The van der Waals surface area contributed by atoms with Gasteiger partial charge < -0.3 is 25.2 Å². The highest BCUT2D eigenvalue weighted by Gasteiger charge is 2.55. The Morgan fingerprint density at radius 1 is 1.19 bits per heavy atom. The molecule has 1 aliphatic heterocycles. The molecule has 2 fully saturated rings. The van der Waals surface area contributed by atoms with Crippen LogP contribution in [-0.2, 0) is 11.3 Å². The molecule has 0 radical (unpaired) electrons. The average molecular weight is 433 g/mol. The van der Waals surface area contributed by atoms with Gasteiger partial charge in [-0.15, -0.1) is 0 Å². The second-order valence-electron chi connectivity index (χ2n) is 10.1. The zero-order valence-electron chi connectivity index (χ0n) is 19.1. The summed E-state index contributed by atoms with van der Waals surface area (Å²) in [6, 6.07) is 4.98. The molecule has 1 heterocycles. The van der Waals surface area contributed by atoms with Crippen molar-refractivity contribution in [2.75, 3.05) is 20.2 Å². The molecule has 2 unspecified atom stereocenters. The second-order valence-corrected chi connectivity index (χ2v) is 10.1. The van der Waals surface area contributed by atoms with Crippen molar-refractivity contribution in [2.45, 2.75) is 59.4 Å². The van der Waals surface area contributed by atoms with Crippen LogP contribution in [0.4, 0.5) is 4.79 Å². The van der Waals surface area contributed by atoms with Gasteiger partial charge in [-0.2, -0.15) is 0 Å². The Hall–Kier alpha value is -2.44. The van der Waals surface area contributed by atoms with Crippen LogP contribution in [0.2, 0.25) is 0 Å². The zero-order valence-corrected chi connectivity index (χ0v) is 19.1. The van der Waals surface area contributed by atoms with Crippen molar-refractivity contribution in [2.24, 2.45) is 22.7 Å². The number of carboxylic acid groups (broad SMARTS) is 1. The maximum atomic E-state index is 13.3. The van der Waals surface area contributed by atoms with Gasteiger partial charge in [-0.25, -0.2) is 4.79 Å². The Bertz CT molecular complexity index is 811. The number of phenols is 1. The molecule has 3 rings (SSSR count). The summed E-state index contributed by atoms with van der Waals surface area (Å²) < 4.78 is 5.15. The monoisotopic (exact) mass is 432 g/mol. The summed E-state index contributed by atoms with van der Waals surface area (Å²) in [5, 5.41) is 22.5. The zero-order chi connectivity index (χ0) is 22.8. The molecule has 2 amide bonds. The number of benzene rings is 1. The molecule has 1 aromatic carbocycles. The summed E-state index contributed by atoms with van der Waals surface area (Å²) in [7, 11) is 1.48. The number of methoxy groups -OCH3 is 1. The van der Waals surface area contributed by atoms with Gasteiger partial charge in [0.25, 0.3) is 0 Å². The van der Waals surface area contributed by atoms with Gasteiger partial charge >= 0.3 is 6.09 Å². The maximum Gasteiger partial charge on any atom is 0.407 e. The van der Waals surface area contributed by atoms with Gasteiger partial charge in [0.15, 0.2) is 11.5 Å². The molecule has 1 saturated heterocycles. The van der Waals surface area contributed by atoms with Gasteiger partial charge in [0.05, 0.1) is 13.0 Å². The highest BCUT2D eigenvalue weighted by molar-refractivity contribution is 5.81. The molecule has 1 aliphatic carbocycles. The molecule has 1 aromatic rings. The number of ether oxygens (including phenoxy) is 1. The minimum atomic E-state index is -0.955. The second kappa shape index (κ2) is 8.97. The molecule has 1 saturated carbocycles. The fraction of sp³-hybridized carbons (Fsp3) is 0.667. The minimum Gasteiger partial charge on any atom is -0.504 e. The van der Waals surface area contributed by atoms with E-state index in [0.717, 1.165) is 31.2 Å². The Kier molecular flexibility index (Phi) is 6.72. The first-order chi connectivity index (χ1) is 14.6. The predicted octanol–water partition coefficient (Wildman–Crippen LogP) is 4.24. The van der Waals surface area contributed by atoms with Gasteiger partial charge in [-0.3, -0.25) is 4.79 Å². The van der Waals surface area contributed by atoms with E-state index in [1.165, 1.54) is 18.4 Å². The summed E-state index contributed by atoms with van der Waals surface area (Å²) >= 11 is 0. The van der Waals surface area contributed by atoms with Gasteiger partial charge in [0.2, 0.25) is 5.91 Å². The quantitative estimate of drug-likeness (QED) is 0.646. The van der Waals surface area contributed by atoms with Gasteiger partial charge in [-0.1, -0.05) is 46.1 Å². The van der Waals surface area contributed by atoms with Crippen LogP contribution in [0.25, 0.3) is 0 Å². The van der Waals surface area contributed by atoms with E-state index in [-0.39, 0.29) is 40.9 Å². The fourth-order valence-corrected chi connectivity index (χ4v) is 5.80. The highest BCUT2D eigenvalue weighted by atomic mass is 16.5. The molecule has 0 bridgehead atoms. The number of amides is 2. The fourth-order valence-electron chi connectivity index (χ4n) is 5.80. The molecular weight excluding hydrogens is 396 g/mol. The molecule has 2 aliphatic rings. The van der Waals surface area contributed by atoms with Crippen LogP contribution in [0.15, 0.2) is 18.2 Å². The molecule has 0 aromatic heterocycles. The number of likely N-dealkylation sites (tertiary alicyclic amines) is 1. The van der Waals surface area contributed by atoms with Crippen molar-refractivity contribution in [3.05, 3.63) is 23.8 Å². The number of carbonyl (C=O) groups excluding carboxylic acids is 1. The highest BCUT2D eigenvalue weighted by Crippen LogP contribution is 2.58.